The van der Waals surface area contributed by atoms with E-state index in [0.29, 0.717) is 45.3 Å². The smallest absolute Gasteiger partial charge is 0.256 e. The van der Waals surface area contributed by atoms with Crippen molar-refractivity contribution in [3.63, 3.8) is 0 Å². The second kappa shape index (κ2) is 9.61. The molecule has 0 bridgehead atoms. The molecule has 0 aromatic heterocycles. The van der Waals surface area contributed by atoms with E-state index < -0.39 is 0 Å². The van der Waals surface area contributed by atoms with Gasteiger partial charge in [-0.2, -0.15) is 0 Å². The van der Waals surface area contributed by atoms with Crippen LogP contribution in [-0.2, 0) is 4.79 Å². The number of nitrogens with one attached hydrogen (secondary N) is 1. The van der Waals surface area contributed by atoms with Crippen LogP contribution < -0.4 is 24.3 Å². The molecule has 7 nitrogen and oxygen atoms in total. The molecule has 1 N–H and O–H groups in total. The first-order chi connectivity index (χ1) is 16.4. The lowest BCUT2D eigenvalue weighted by molar-refractivity contribution is -0.110. The molecule has 0 atom stereocenters. The van der Waals surface area contributed by atoms with Gasteiger partial charge in [0.2, 0.25) is 5.75 Å². The molecule has 0 spiro atoms. The highest BCUT2D eigenvalue weighted by atomic mass is 79.9. The van der Waals surface area contributed by atoms with Gasteiger partial charge in [-0.05, 0) is 54.6 Å². The van der Waals surface area contributed by atoms with Crippen LogP contribution in [0.4, 0.5) is 5.69 Å². The lowest BCUT2D eigenvalue weighted by atomic mass is 9.98. The van der Waals surface area contributed by atoms with E-state index in [2.05, 4.69) is 21.2 Å². The maximum absolute atomic E-state index is 13.4. The third-order valence-corrected chi connectivity index (χ3v) is 5.98. The molecule has 0 saturated heterocycles. The molecule has 3 aromatic carbocycles. The fourth-order valence-corrected chi connectivity index (χ4v) is 4.19. The van der Waals surface area contributed by atoms with Crippen LogP contribution >= 0.6 is 15.9 Å². The molecule has 0 saturated carbocycles. The molecule has 1 aliphatic rings. The fraction of sp³-hybridized carbons (Fsp3) is 0.154. The Morgan fingerprint density at radius 1 is 0.824 bits per heavy atom. The van der Waals surface area contributed by atoms with E-state index in [9.17, 15) is 9.59 Å². The van der Waals surface area contributed by atoms with E-state index >= 15 is 0 Å². The molecule has 1 amide bonds. The third-order valence-electron chi connectivity index (χ3n) is 5.48. The Morgan fingerprint density at radius 3 is 2.12 bits per heavy atom. The monoisotopic (exact) mass is 523 g/mol. The molecule has 0 aliphatic carbocycles. The maximum Gasteiger partial charge on any atom is 0.256 e. The van der Waals surface area contributed by atoms with Crippen LogP contribution in [0.25, 0.3) is 11.6 Å². The predicted octanol–water partition coefficient (Wildman–Crippen LogP) is 5.21. The third kappa shape index (κ3) is 4.24. The van der Waals surface area contributed by atoms with Gasteiger partial charge in [0.15, 0.2) is 17.3 Å². The van der Waals surface area contributed by atoms with Crippen LogP contribution in [0.15, 0.2) is 53.0 Å². The summed E-state index contributed by atoms with van der Waals surface area (Å²) in [7, 11) is 6.02. The highest BCUT2D eigenvalue weighted by Gasteiger charge is 2.25. The van der Waals surface area contributed by atoms with Crippen LogP contribution in [0.3, 0.4) is 0 Å². The van der Waals surface area contributed by atoms with Crippen molar-refractivity contribution in [2.75, 3.05) is 33.8 Å². The highest BCUT2D eigenvalue weighted by Crippen LogP contribution is 2.39. The summed E-state index contributed by atoms with van der Waals surface area (Å²) in [5.41, 5.74) is 3.34. The number of carbonyl (C=O) groups is 2. The fourth-order valence-electron chi connectivity index (χ4n) is 3.83. The zero-order chi connectivity index (χ0) is 24.4. The molecule has 1 aliphatic heterocycles. The summed E-state index contributed by atoms with van der Waals surface area (Å²) in [4.78, 5) is 26.0. The van der Waals surface area contributed by atoms with Gasteiger partial charge >= 0.3 is 0 Å². The first-order valence-electron chi connectivity index (χ1n) is 10.3. The number of methoxy groups -OCH3 is 4. The lowest BCUT2D eigenvalue weighted by Gasteiger charge is -2.14. The summed E-state index contributed by atoms with van der Waals surface area (Å²) in [6.07, 6.45) is 1.72. The van der Waals surface area contributed by atoms with Gasteiger partial charge in [-0.1, -0.05) is 15.9 Å². The van der Waals surface area contributed by atoms with Gasteiger partial charge in [0, 0.05) is 38.0 Å². The maximum atomic E-state index is 13.4. The standard InChI is InChI=1S/C26H22BrNO6/c1-31-21-8-5-14(24(29)16-11-22(32-2)25(34-4)23(12-16)33-3)9-15(21)10-19-18-13-17(27)6-7-20(18)28-26(19)30/h5-13H,1-4H3,(H,28,30)/b19-10+. The molecule has 0 unspecified atom stereocenters. The second-order valence-electron chi connectivity index (χ2n) is 7.40. The SMILES string of the molecule is COc1ccc(C(=O)c2cc(OC)c(OC)c(OC)c2)cc1/C=C1/C(=O)Nc2ccc(Br)cc21. The van der Waals surface area contributed by atoms with Crippen LogP contribution in [-0.4, -0.2) is 40.1 Å². The Balaban J connectivity index is 1.79. The summed E-state index contributed by atoms with van der Waals surface area (Å²) in [6, 6.07) is 13.8. The number of rotatable bonds is 7. The summed E-state index contributed by atoms with van der Waals surface area (Å²) in [5, 5.41) is 2.86. The van der Waals surface area contributed by atoms with Crippen LogP contribution in [0, 0.1) is 0 Å². The van der Waals surface area contributed by atoms with Crippen LogP contribution in [0.2, 0.25) is 0 Å². The van der Waals surface area contributed by atoms with E-state index in [1.54, 1.807) is 36.4 Å². The van der Waals surface area contributed by atoms with Gasteiger partial charge in [0.25, 0.3) is 5.91 Å². The van der Waals surface area contributed by atoms with E-state index in [1.807, 2.05) is 18.2 Å². The number of fused-ring (bicyclic) bond motifs is 1. The van der Waals surface area contributed by atoms with Gasteiger partial charge in [-0.3, -0.25) is 9.59 Å². The van der Waals surface area contributed by atoms with E-state index in [4.69, 9.17) is 18.9 Å². The number of ketones is 1. The number of ether oxygens (including phenoxy) is 4. The summed E-state index contributed by atoms with van der Waals surface area (Å²) in [5.74, 6) is 1.22. The van der Waals surface area contributed by atoms with Crippen LogP contribution in [0.5, 0.6) is 23.0 Å². The molecule has 8 heteroatoms. The Bertz CT molecular complexity index is 1310. The minimum atomic E-state index is -0.249. The molecule has 34 heavy (non-hydrogen) atoms. The molecular weight excluding hydrogens is 502 g/mol. The minimum Gasteiger partial charge on any atom is -0.496 e. The van der Waals surface area contributed by atoms with E-state index in [-0.39, 0.29) is 11.7 Å². The molecule has 3 aromatic rings. The van der Waals surface area contributed by atoms with Crippen molar-refractivity contribution in [2.24, 2.45) is 0 Å². The zero-order valence-electron chi connectivity index (χ0n) is 19.0. The van der Waals surface area contributed by atoms with Crippen molar-refractivity contribution < 1.29 is 28.5 Å². The van der Waals surface area contributed by atoms with E-state index in [1.165, 1.54) is 28.4 Å². The molecule has 0 radical (unpaired) electrons. The number of halogens is 1. The largest absolute Gasteiger partial charge is 0.496 e. The molecule has 174 valence electrons. The van der Waals surface area contributed by atoms with Crippen molar-refractivity contribution in [1.82, 2.24) is 0 Å². The Labute approximate surface area is 205 Å². The van der Waals surface area contributed by atoms with Gasteiger partial charge in [-0.25, -0.2) is 0 Å². The zero-order valence-corrected chi connectivity index (χ0v) is 20.6. The minimum absolute atomic E-state index is 0.225. The van der Waals surface area contributed by atoms with Crippen molar-refractivity contribution in [2.45, 2.75) is 0 Å². The van der Waals surface area contributed by atoms with Gasteiger partial charge in [-0.15, -0.1) is 0 Å². The van der Waals surface area contributed by atoms with Crippen molar-refractivity contribution in [3.8, 4) is 23.0 Å². The Morgan fingerprint density at radius 2 is 1.50 bits per heavy atom. The Kier molecular flexibility index (Phi) is 6.61. The summed E-state index contributed by atoms with van der Waals surface area (Å²) < 4.78 is 22.4. The number of carbonyl (C=O) groups excluding carboxylic acids is 2. The molecule has 4 rings (SSSR count). The van der Waals surface area contributed by atoms with Crippen molar-refractivity contribution in [1.29, 1.82) is 0 Å². The Hall–Kier alpha value is -3.78. The lowest BCUT2D eigenvalue weighted by Crippen LogP contribution is -2.06. The quantitative estimate of drug-likeness (QED) is 0.338. The van der Waals surface area contributed by atoms with Gasteiger partial charge < -0.3 is 24.3 Å². The van der Waals surface area contributed by atoms with Crippen molar-refractivity contribution >= 4 is 45.0 Å². The topological polar surface area (TPSA) is 83.1 Å². The number of anilines is 1. The van der Waals surface area contributed by atoms with Gasteiger partial charge in [0.05, 0.1) is 28.4 Å². The normalized spacial score (nSPS) is 13.3. The average Bonchev–Trinajstić information content (AvgIpc) is 3.16. The number of benzene rings is 3. The summed E-state index contributed by atoms with van der Waals surface area (Å²) in [6.45, 7) is 0. The van der Waals surface area contributed by atoms with Gasteiger partial charge in [0.1, 0.15) is 5.75 Å². The molecular formula is C26H22BrNO6. The molecule has 1 heterocycles. The predicted molar refractivity (Wildman–Crippen MR) is 133 cm³/mol. The number of hydrogen-bond donors (Lipinski definition) is 1. The number of amides is 1. The first-order valence-corrected chi connectivity index (χ1v) is 11.0. The van der Waals surface area contributed by atoms with Crippen molar-refractivity contribution in [3.05, 3.63) is 75.3 Å². The highest BCUT2D eigenvalue weighted by molar-refractivity contribution is 9.10. The van der Waals surface area contributed by atoms with E-state index in [0.717, 1.165) is 15.7 Å². The number of hydrogen-bond acceptors (Lipinski definition) is 6. The average molecular weight is 524 g/mol. The second-order valence-corrected chi connectivity index (χ2v) is 8.32. The first kappa shape index (κ1) is 23.4. The molecule has 0 fully saturated rings. The van der Waals surface area contributed by atoms with Crippen LogP contribution in [0.1, 0.15) is 27.0 Å². The summed E-state index contributed by atoms with van der Waals surface area (Å²) >= 11 is 3.45.